The Kier molecular flexibility index (Phi) is 3.85. The maximum atomic E-state index is 12.1. The van der Waals surface area contributed by atoms with E-state index in [1.807, 2.05) is 0 Å². The SMILES string of the molecule is Nc1cccnc1S(=O)(=O)Nc1ccc(S(N)(=O)=O)cc1. The van der Waals surface area contributed by atoms with Gasteiger partial charge < -0.3 is 5.73 Å². The van der Waals surface area contributed by atoms with E-state index in [2.05, 4.69) is 9.71 Å². The number of sulfonamides is 2. The van der Waals surface area contributed by atoms with E-state index in [4.69, 9.17) is 10.9 Å². The van der Waals surface area contributed by atoms with Crippen LogP contribution in [0.4, 0.5) is 11.4 Å². The molecule has 1 aromatic heterocycles. The van der Waals surface area contributed by atoms with Crippen LogP contribution in [-0.4, -0.2) is 21.8 Å². The first-order valence-electron chi connectivity index (χ1n) is 5.56. The summed E-state index contributed by atoms with van der Waals surface area (Å²) < 4.78 is 48.7. The molecule has 2 aromatic rings. The molecule has 5 N–H and O–H groups in total. The minimum absolute atomic E-state index is 0.00570. The highest BCUT2D eigenvalue weighted by atomic mass is 32.2. The number of nitrogens with one attached hydrogen (secondary N) is 1. The van der Waals surface area contributed by atoms with E-state index in [1.165, 1.54) is 42.6 Å². The van der Waals surface area contributed by atoms with Gasteiger partial charge in [-0.1, -0.05) is 0 Å². The van der Waals surface area contributed by atoms with Gasteiger partial charge >= 0.3 is 0 Å². The molecule has 0 saturated heterocycles. The third kappa shape index (κ3) is 3.48. The molecule has 0 aliphatic heterocycles. The summed E-state index contributed by atoms with van der Waals surface area (Å²) in [6, 6.07) is 7.84. The van der Waals surface area contributed by atoms with Crippen LogP contribution in [0.5, 0.6) is 0 Å². The van der Waals surface area contributed by atoms with E-state index < -0.39 is 20.0 Å². The van der Waals surface area contributed by atoms with Crippen LogP contribution < -0.4 is 15.6 Å². The van der Waals surface area contributed by atoms with Crippen molar-refractivity contribution in [1.29, 1.82) is 0 Å². The van der Waals surface area contributed by atoms with Gasteiger partial charge in [0.05, 0.1) is 10.6 Å². The molecule has 0 saturated carbocycles. The molecular weight excluding hydrogens is 316 g/mol. The highest BCUT2D eigenvalue weighted by molar-refractivity contribution is 7.92. The minimum Gasteiger partial charge on any atom is -0.396 e. The number of rotatable bonds is 4. The van der Waals surface area contributed by atoms with Gasteiger partial charge in [-0.05, 0) is 36.4 Å². The zero-order chi connectivity index (χ0) is 15.7. The second-order valence-corrected chi connectivity index (χ2v) is 7.23. The van der Waals surface area contributed by atoms with Gasteiger partial charge in [0.25, 0.3) is 10.0 Å². The van der Waals surface area contributed by atoms with E-state index in [0.29, 0.717) is 0 Å². The molecule has 1 heterocycles. The molecule has 0 aliphatic carbocycles. The summed E-state index contributed by atoms with van der Waals surface area (Å²) in [5.74, 6) is 0. The molecule has 0 unspecified atom stereocenters. The van der Waals surface area contributed by atoms with Crippen molar-refractivity contribution < 1.29 is 16.8 Å². The van der Waals surface area contributed by atoms with Gasteiger partial charge in [-0.2, -0.15) is 8.42 Å². The first kappa shape index (κ1) is 15.2. The molecule has 0 aliphatic rings. The molecule has 112 valence electrons. The third-order valence-electron chi connectivity index (χ3n) is 2.49. The van der Waals surface area contributed by atoms with Crippen LogP contribution >= 0.6 is 0 Å². The lowest BCUT2D eigenvalue weighted by Gasteiger charge is -2.09. The Morgan fingerprint density at radius 3 is 2.14 bits per heavy atom. The lowest BCUT2D eigenvalue weighted by Crippen LogP contribution is -2.16. The topological polar surface area (TPSA) is 145 Å². The lowest BCUT2D eigenvalue weighted by atomic mass is 10.3. The van der Waals surface area contributed by atoms with Crippen molar-refractivity contribution in [3.05, 3.63) is 42.6 Å². The van der Waals surface area contributed by atoms with Crippen molar-refractivity contribution in [2.24, 2.45) is 5.14 Å². The molecule has 0 radical (unpaired) electrons. The van der Waals surface area contributed by atoms with Crippen molar-refractivity contribution in [2.45, 2.75) is 9.92 Å². The van der Waals surface area contributed by atoms with Crippen molar-refractivity contribution in [1.82, 2.24) is 4.98 Å². The molecule has 0 atom stereocenters. The molecule has 0 bridgehead atoms. The number of hydrogen-bond donors (Lipinski definition) is 3. The third-order valence-corrected chi connectivity index (χ3v) is 4.77. The van der Waals surface area contributed by atoms with E-state index in [1.54, 1.807) is 0 Å². The maximum Gasteiger partial charge on any atom is 0.281 e. The Morgan fingerprint density at radius 2 is 1.62 bits per heavy atom. The van der Waals surface area contributed by atoms with E-state index >= 15 is 0 Å². The Balaban J connectivity index is 2.32. The van der Waals surface area contributed by atoms with Crippen LogP contribution in [0, 0.1) is 0 Å². The van der Waals surface area contributed by atoms with Gasteiger partial charge in [-0.25, -0.2) is 18.5 Å². The predicted molar refractivity (Wildman–Crippen MR) is 77.3 cm³/mol. The highest BCUT2D eigenvalue weighted by Gasteiger charge is 2.19. The van der Waals surface area contributed by atoms with E-state index in [0.717, 1.165) is 0 Å². The lowest BCUT2D eigenvalue weighted by molar-refractivity contribution is 0.596. The number of benzene rings is 1. The first-order valence-corrected chi connectivity index (χ1v) is 8.59. The smallest absolute Gasteiger partial charge is 0.281 e. The van der Waals surface area contributed by atoms with Gasteiger partial charge in [0, 0.05) is 11.9 Å². The predicted octanol–water partition coefficient (Wildman–Crippen LogP) is 0.112. The van der Waals surface area contributed by atoms with Crippen LogP contribution in [0.2, 0.25) is 0 Å². The van der Waals surface area contributed by atoms with E-state index in [9.17, 15) is 16.8 Å². The van der Waals surface area contributed by atoms with Crippen LogP contribution in [0.1, 0.15) is 0 Å². The average molecular weight is 328 g/mol. The van der Waals surface area contributed by atoms with Crippen LogP contribution in [0.3, 0.4) is 0 Å². The number of primary sulfonamides is 1. The zero-order valence-electron chi connectivity index (χ0n) is 10.6. The summed E-state index contributed by atoms with van der Waals surface area (Å²) in [4.78, 5) is 3.59. The quantitative estimate of drug-likeness (QED) is 0.726. The van der Waals surface area contributed by atoms with Gasteiger partial charge in [0.15, 0.2) is 5.03 Å². The van der Waals surface area contributed by atoms with Crippen LogP contribution in [-0.2, 0) is 20.0 Å². The van der Waals surface area contributed by atoms with Gasteiger partial charge in [-0.3, -0.25) is 4.72 Å². The summed E-state index contributed by atoms with van der Waals surface area (Å²) in [7, 11) is -7.79. The van der Waals surface area contributed by atoms with Crippen LogP contribution in [0.25, 0.3) is 0 Å². The molecule has 1 aromatic carbocycles. The molecule has 2 rings (SSSR count). The zero-order valence-corrected chi connectivity index (χ0v) is 12.2. The largest absolute Gasteiger partial charge is 0.396 e. The summed E-state index contributed by atoms with van der Waals surface area (Å²) in [5.41, 5.74) is 5.73. The second kappa shape index (κ2) is 5.31. The van der Waals surface area contributed by atoms with Gasteiger partial charge in [0.1, 0.15) is 0 Å². The number of hydrogen-bond acceptors (Lipinski definition) is 6. The number of anilines is 2. The van der Waals surface area contributed by atoms with Crippen LogP contribution in [0.15, 0.2) is 52.5 Å². The number of nitrogens with zero attached hydrogens (tertiary/aromatic N) is 1. The maximum absolute atomic E-state index is 12.1. The summed E-state index contributed by atoms with van der Waals surface area (Å²) in [5, 5.41) is 4.65. The Hall–Kier alpha value is -2.17. The molecule has 0 amide bonds. The normalized spacial score (nSPS) is 12.0. The highest BCUT2D eigenvalue weighted by Crippen LogP contribution is 2.19. The monoisotopic (exact) mass is 328 g/mol. The first-order chi connectivity index (χ1) is 9.70. The molecule has 8 nitrogen and oxygen atoms in total. The summed E-state index contributed by atoms with van der Waals surface area (Å²) in [6.07, 6.45) is 1.30. The molecule has 21 heavy (non-hydrogen) atoms. The summed E-state index contributed by atoms with van der Waals surface area (Å²) >= 11 is 0. The fourth-order valence-corrected chi connectivity index (χ4v) is 3.18. The standard InChI is InChI=1S/C11H12N4O4S2/c12-10-2-1-7-14-11(10)21(18,19)15-8-3-5-9(6-4-8)20(13,16)17/h1-7,15H,12H2,(H2,13,16,17). The number of aromatic nitrogens is 1. The Morgan fingerprint density at radius 1 is 1.00 bits per heavy atom. The van der Waals surface area contributed by atoms with Crippen molar-refractivity contribution in [3.63, 3.8) is 0 Å². The minimum atomic E-state index is -3.96. The average Bonchev–Trinajstić information content (AvgIpc) is 2.38. The fourth-order valence-electron chi connectivity index (χ4n) is 1.54. The molecule has 0 spiro atoms. The van der Waals surface area contributed by atoms with Gasteiger partial charge in [-0.15, -0.1) is 0 Å². The van der Waals surface area contributed by atoms with Crippen molar-refractivity contribution in [2.75, 3.05) is 10.5 Å². The Labute approximate surface area is 121 Å². The van der Waals surface area contributed by atoms with E-state index in [-0.39, 0.29) is 21.3 Å². The molecular formula is C11H12N4O4S2. The summed E-state index contributed by atoms with van der Waals surface area (Å²) in [6.45, 7) is 0. The molecule has 10 heteroatoms. The van der Waals surface area contributed by atoms with Gasteiger partial charge in [0.2, 0.25) is 10.0 Å². The fraction of sp³-hybridized carbons (Fsp3) is 0. The second-order valence-electron chi connectivity index (χ2n) is 4.07. The van der Waals surface area contributed by atoms with Crippen molar-refractivity contribution in [3.8, 4) is 0 Å². The number of pyridine rings is 1. The molecule has 0 fully saturated rings. The number of nitrogens with two attached hydrogens (primary N) is 2. The Bertz CT molecular complexity index is 861. The van der Waals surface area contributed by atoms with Crippen molar-refractivity contribution >= 4 is 31.4 Å². The number of nitrogen functional groups attached to an aromatic ring is 1.